The first-order valence-corrected chi connectivity index (χ1v) is 12.9. The van der Waals surface area contributed by atoms with Gasteiger partial charge in [-0.05, 0) is 77.5 Å². The third kappa shape index (κ3) is 7.72. The Morgan fingerprint density at radius 2 is 1.37 bits per heavy atom. The second kappa shape index (κ2) is 13.5. The van der Waals surface area contributed by atoms with Gasteiger partial charge in [0.2, 0.25) is 0 Å². The number of ether oxygens (including phenoxy) is 1. The van der Waals surface area contributed by atoms with Crippen LogP contribution in [0.25, 0.3) is 0 Å². The molecule has 0 spiro atoms. The number of nitro benzene ring substituents is 1. The zero-order chi connectivity index (χ0) is 27.7. The number of allylic oxidation sites excluding steroid dienone is 7. The zero-order valence-electron chi connectivity index (χ0n) is 22.6. The molecule has 0 amide bonds. The maximum absolute atomic E-state index is 12.9. The van der Waals surface area contributed by atoms with Gasteiger partial charge in [0.1, 0.15) is 12.4 Å². The van der Waals surface area contributed by atoms with Crippen molar-refractivity contribution < 1.29 is 19.2 Å². The van der Waals surface area contributed by atoms with E-state index in [4.69, 9.17) is 4.74 Å². The summed E-state index contributed by atoms with van der Waals surface area (Å²) in [6.07, 6.45) is 10.7. The van der Waals surface area contributed by atoms with Crippen LogP contribution in [0.4, 0.5) is 5.69 Å². The van der Waals surface area contributed by atoms with Crippen LogP contribution in [0.1, 0.15) is 80.5 Å². The normalized spacial score (nSPS) is 14.6. The predicted molar refractivity (Wildman–Crippen MR) is 151 cm³/mol. The number of ketones is 2. The quantitative estimate of drug-likeness (QED) is 0.162. The average molecular weight is 514 g/mol. The van der Waals surface area contributed by atoms with Gasteiger partial charge in [0, 0.05) is 34.4 Å². The summed E-state index contributed by atoms with van der Waals surface area (Å²) in [7, 11) is 0. The monoisotopic (exact) mass is 513 g/mol. The van der Waals surface area contributed by atoms with E-state index in [-0.39, 0.29) is 17.3 Å². The molecule has 0 saturated heterocycles. The topological polar surface area (TPSA) is 86.5 Å². The second-order valence-electron chi connectivity index (χ2n) is 9.78. The molecule has 0 aliphatic heterocycles. The van der Waals surface area contributed by atoms with Crippen molar-refractivity contribution in [2.45, 2.75) is 59.8 Å². The van der Waals surface area contributed by atoms with Gasteiger partial charge in [-0.3, -0.25) is 19.7 Å². The van der Waals surface area contributed by atoms with Gasteiger partial charge in [0.25, 0.3) is 5.69 Å². The van der Waals surface area contributed by atoms with Gasteiger partial charge in [-0.15, -0.1) is 0 Å². The number of carbonyl (C=O) groups is 2. The highest BCUT2D eigenvalue weighted by Crippen LogP contribution is 2.28. The van der Waals surface area contributed by atoms with Crippen LogP contribution in [0, 0.1) is 10.1 Å². The Morgan fingerprint density at radius 1 is 0.816 bits per heavy atom. The van der Waals surface area contributed by atoms with Crippen molar-refractivity contribution in [3.8, 4) is 5.75 Å². The molecule has 6 nitrogen and oxygen atoms in total. The van der Waals surface area contributed by atoms with Crippen molar-refractivity contribution in [3.63, 3.8) is 0 Å². The van der Waals surface area contributed by atoms with E-state index in [2.05, 4.69) is 32.1 Å². The van der Waals surface area contributed by atoms with E-state index in [1.807, 2.05) is 6.92 Å². The zero-order valence-corrected chi connectivity index (χ0v) is 22.6. The fraction of sp³-hybridized carbons (Fsp3) is 0.312. The fourth-order valence-corrected chi connectivity index (χ4v) is 4.29. The first-order valence-electron chi connectivity index (χ1n) is 12.9. The number of non-ortho nitro benzene ring substituents is 1. The number of nitro groups is 1. The molecule has 0 fully saturated rings. The van der Waals surface area contributed by atoms with E-state index in [1.165, 1.54) is 23.3 Å². The molecule has 0 radical (unpaired) electrons. The minimum absolute atomic E-state index is 0.0426. The highest BCUT2D eigenvalue weighted by atomic mass is 16.6. The Kier molecular flexibility index (Phi) is 10.1. The Labute approximate surface area is 224 Å². The number of fused-ring (bicyclic) bond motifs is 1. The lowest BCUT2D eigenvalue weighted by Crippen LogP contribution is -2.20. The maximum Gasteiger partial charge on any atom is 0.269 e. The van der Waals surface area contributed by atoms with Gasteiger partial charge in [-0.25, -0.2) is 0 Å². The van der Waals surface area contributed by atoms with Gasteiger partial charge in [-0.1, -0.05) is 53.6 Å². The lowest BCUT2D eigenvalue weighted by atomic mass is 9.83. The van der Waals surface area contributed by atoms with Crippen LogP contribution in [0.15, 0.2) is 94.6 Å². The lowest BCUT2D eigenvalue weighted by Gasteiger charge is -2.18. The molecule has 0 N–H and O–H groups in total. The molecular weight excluding hydrogens is 478 g/mol. The molecule has 2 aromatic carbocycles. The van der Waals surface area contributed by atoms with Crippen LogP contribution in [0.3, 0.4) is 0 Å². The molecule has 38 heavy (non-hydrogen) atoms. The highest BCUT2D eigenvalue weighted by Gasteiger charge is 2.28. The number of nitrogens with zero attached hydrogens (tertiary/aromatic N) is 1. The third-order valence-electron chi connectivity index (χ3n) is 6.72. The van der Waals surface area contributed by atoms with Crippen molar-refractivity contribution in [1.29, 1.82) is 0 Å². The van der Waals surface area contributed by atoms with Crippen LogP contribution in [-0.4, -0.2) is 23.1 Å². The van der Waals surface area contributed by atoms with E-state index in [1.54, 1.807) is 43.3 Å². The number of carbonyl (C=O) groups excluding carboxylic acids is 2. The number of hydrogen-bond acceptors (Lipinski definition) is 5. The number of benzene rings is 2. The summed E-state index contributed by atoms with van der Waals surface area (Å²) in [5, 5.41) is 10.7. The minimum atomic E-state index is -0.427. The van der Waals surface area contributed by atoms with Crippen molar-refractivity contribution in [2.24, 2.45) is 0 Å². The fourth-order valence-electron chi connectivity index (χ4n) is 4.29. The number of hydrogen-bond donors (Lipinski definition) is 0. The molecular formula is C32H35NO5. The highest BCUT2D eigenvalue weighted by molar-refractivity contribution is 6.26. The smallest absolute Gasteiger partial charge is 0.269 e. The summed E-state index contributed by atoms with van der Waals surface area (Å²) in [5.74, 6) is 0.513. The van der Waals surface area contributed by atoms with E-state index < -0.39 is 4.92 Å². The second-order valence-corrected chi connectivity index (χ2v) is 9.78. The van der Waals surface area contributed by atoms with Crippen molar-refractivity contribution in [1.82, 2.24) is 0 Å². The molecule has 198 valence electrons. The van der Waals surface area contributed by atoms with Crippen molar-refractivity contribution in [3.05, 3.63) is 116 Å². The van der Waals surface area contributed by atoms with Gasteiger partial charge >= 0.3 is 0 Å². The number of Topliss-reactive ketones (excluding diaryl/α,β-unsaturated/α-hetero) is 2. The van der Waals surface area contributed by atoms with Crippen molar-refractivity contribution in [2.75, 3.05) is 6.61 Å². The Hall–Kier alpha value is -4.06. The molecule has 2 aromatic rings. The average Bonchev–Trinajstić information content (AvgIpc) is 2.91. The van der Waals surface area contributed by atoms with Gasteiger partial charge < -0.3 is 4.74 Å². The molecule has 1 aliphatic carbocycles. The van der Waals surface area contributed by atoms with Crippen molar-refractivity contribution >= 4 is 17.3 Å². The first-order chi connectivity index (χ1) is 18.2. The summed E-state index contributed by atoms with van der Waals surface area (Å²) >= 11 is 0. The summed E-state index contributed by atoms with van der Waals surface area (Å²) in [6.45, 7) is 8.41. The molecule has 0 unspecified atom stereocenters. The van der Waals surface area contributed by atoms with E-state index in [0.717, 1.165) is 31.3 Å². The largest absolute Gasteiger partial charge is 0.489 e. The molecule has 3 rings (SSSR count). The number of rotatable bonds is 12. The molecule has 6 heteroatoms. The lowest BCUT2D eigenvalue weighted by molar-refractivity contribution is -0.384. The first kappa shape index (κ1) is 28.5. The van der Waals surface area contributed by atoms with Gasteiger partial charge in [-0.2, -0.15) is 0 Å². The van der Waals surface area contributed by atoms with E-state index in [9.17, 15) is 19.7 Å². The molecule has 1 aliphatic rings. The Balaban J connectivity index is 1.42. The van der Waals surface area contributed by atoms with Crippen LogP contribution >= 0.6 is 0 Å². The minimum Gasteiger partial charge on any atom is -0.489 e. The van der Waals surface area contributed by atoms with Crippen LogP contribution in [0.2, 0.25) is 0 Å². The molecule has 0 atom stereocenters. The SMILES string of the molecule is CC1=C(C/C=C(\C)CC/C=C(\C)CC/C=C(\C)COc2ccc([N+](=O)[O-])cc2)C(=O)c2ccccc2C1=O. The summed E-state index contributed by atoms with van der Waals surface area (Å²) in [4.78, 5) is 35.9. The Bertz CT molecular complexity index is 1330. The Morgan fingerprint density at radius 3 is 1.97 bits per heavy atom. The molecule has 0 aromatic heterocycles. The predicted octanol–water partition coefficient (Wildman–Crippen LogP) is 8.16. The van der Waals surface area contributed by atoms with Gasteiger partial charge in [0.15, 0.2) is 11.6 Å². The molecule has 0 heterocycles. The molecule has 0 bridgehead atoms. The third-order valence-corrected chi connectivity index (χ3v) is 6.72. The van der Waals surface area contributed by atoms with E-state index >= 15 is 0 Å². The standard InChI is InChI=1S/C32H35NO5/c1-22(10-8-12-24(3)21-38-27-18-16-26(17-19-27)33(36)37)9-7-11-23(2)15-20-28-25(4)31(34)29-13-5-6-14-30(29)32(28)35/h5-6,9,12-19H,7-8,10-11,20-21H2,1-4H3/b22-9+,23-15+,24-12+. The van der Waals surface area contributed by atoms with Crippen LogP contribution in [0.5, 0.6) is 5.75 Å². The summed E-state index contributed by atoms with van der Waals surface area (Å²) < 4.78 is 5.70. The van der Waals surface area contributed by atoms with E-state index in [0.29, 0.717) is 41.1 Å². The van der Waals surface area contributed by atoms with Crippen LogP contribution < -0.4 is 4.74 Å². The molecule has 0 saturated carbocycles. The summed E-state index contributed by atoms with van der Waals surface area (Å²) in [6, 6.07) is 13.1. The maximum atomic E-state index is 12.9. The van der Waals surface area contributed by atoms with Crippen LogP contribution in [-0.2, 0) is 0 Å². The summed E-state index contributed by atoms with van der Waals surface area (Å²) in [5.41, 5.74) is 5.83. The van der Waals surface area contributed by atoms with Gasteiger partial charge in [0.05, 0.1) is 4.92 Å².